The minimum atomic E-state index is -1.27. The monoisotopic (exact) mass is 260 g/mol. The van der Waals surface area contributed by atoms with Gasteiger partial charge in [-0.2, -0.15) is 0 Å². The molecular formula is C16H24OSi. The number of allylic oxidation sites excluding steroid dienone is 2. The van der Waals surface area contributed by atoms with Gasteiger partial charge in [-0.25, -0.2) is 0 Å². The Kier molecular flexibility index (Phi) is 4.69. The summed E-state index contributed by atoms with van der Waals surface area (Å²) in [4.78, 5) is 12.5. The van der Waals surface area contributed by atoms with Crippen molar-refractivity contribution >= 4 is 13.9 Å². The molecule has 0 spiro atoms. The molecule has 0 amide bonds. The van der Waals surface area contributed by atoms with Crippen LogP contribution in [-0.2, 0) is 0 Å². The van der Waals surface area contributed by atoms with Gasteiger partial charge in [0, 0.05) is 13.6 Å². The molecule has 0 heterocycles. The molecule has 0 bridgehead atoms. The number of hydrogen-bond acceptors (Lipinski definition) is 1. The minimum Gasteiger partial charge on any atom is -0.289 e. The Morgan fingerprint density at radius 2 is 1.56 bits per heavy atom. The van der Waals surface area contributed by atoms with E-state index in [4.69, 9.17) is 0 Å². The second-order valence-corrected chi connectivity index (χ2v) is 11.9. The van der Waals surface area contributed by atoms with Gasteiger partial charge in [0.1, 0.15) is 0 Å². The molecule has 1 nitrogen and oxygen atoms in total. The van der Waals surface area contributed by atoms with Crippen LogP contribution in [0.3, 0.4) is 0 Å². The molecule has 0 unspecified atom stereocenters. The standard InChI is InChI=1S/C16H24OSi/c1-12(2)15(11-18(4,5)6)16(17)14-9-7-13(3)8-10-14/h7-10H,11H2,1-6H3. The number of Topliss-reactive ketones (excluding diaryl/α,β-unsaturated/α-hetero) is 1. The first-order valence-electron chi connectivity index (χ1n) is 6.48. The zero-order valence-electron chi connectivity index (χ0n) is 12.4. The molecule has 1 aromatic rings. The van der Waals surface area contributed by atoms with E-state index in [9.17, 15) is 4.79 Å². The van der Waals surface area contributed by atoms with Crippen LogP contribution in [0.25, 0.3) is 0 Å². The molecule has 0 radical (unpaired) electrons. The van der Waals surface area contributed by atoms with E-state index in [0.29, 0.717) is 0 Å². The zero-order valence-corrected chi connectivity index (χ0v) is 13.4. The van der Waals surface area contributed by atoms with Crippen molar-refractivity contribution < 1.29 is 4.79 Å². The summed E-state index contributed by atoms with van der Waals surface area (Å²) in [6.07, 6.45) is 0. The fourth-order valence-corrected chi connectivity index (χ4v) is 3.47. The smallest absolute Gasteiger partial charge is 0.188 e. The van der Waals surface area contributed by atoms with Crippen LogP contribution >= 0.6 is 0 Å². The van der Waals surface area contributed by atoms with Crippen LogP contribution in [0.2, 0.25) is 25.7 Å². The number of rotatable bonds is 4. The van der Waals surface area contributed by atoms with Gasteiger partial charge in [0.2, 0.25) is 0 Å². The maximum absolute atomic E-state index is 12.5. The lowest BCUT2D eigenvalue weighted by atomic mass is 10.0. The van der Waals surface area contributed by atoms with E-state index in [-0.39, 0.29) is 5.78 Å². The summed E-state index contributed by atoms with van der Waals surface area (Å²) in [5, 5.41) is 0. The molecule has 0 aromatic heterocycles. The van der Waals surface area contributed by atoms with E-state index in [1.807, 2.05) is 45.0 Å². The Morgan fingerprint density at radius 1 is 1.06 bits per heavy atom. The lowest BCUT2D eigenvalue weighted by Gasteiger charge is -2.19. The number of hydrogen-bond donors (Lipinski definition) is 0. The molecule has 0 aliphatic rings. The average Bonchev–Trinajstić information content (AvgIpc) is 2.24. The van der Waals surface area contributed by atoms with Crippen molar-refractivity contribution in [2.45, 2.75) is 46.5 Å². The Morgan fingerprint density at radius 3 is 1.94 bits per heavy atom. The van der Waals surface area contributed by atoms with E-state index < -0.39 is 8.07 Å². The second kappa shape index (κ2) is 5.66. The summed E-state index contributed by atoms with van der Waals surface area (Å²) in [7, 11) is -1.27. The largest absolute Gasteiger partial charge is 0.289 e. The highest BCUT2D eigenvalue weighted by Gasteiger charge is 2.21. The van der Waals surface area contributed by atoms with Crippen molar-refractivity contribution in [3.63, 3.8) is 0 Å². The van der Waals surface area contributed by atoms with Crippen LogP contribution in [0.5, 0.6) is 0 Å². The fourth-order valence-electron chi connectivity index (χ4n) is 1.89. The number of carbonyl (C=O) groups is 1. The maximum atomic E-state index is 12.5. The summed E-state index contributed by atoms with van der Waals surface area (Å²) in [6, 6.07) is 8.84. The van der Waals surface area contributed by atoms with Gasteiger partial charge in [0.05, 0.1) is 0 Å². The highest BCUT2D eigenvalue weighted by Crippen LogP contribution is 2.23. The quantitative estimate of drug-likeness (QED) is 0.429. The third kappa shape index (κ3) is 4.26. The van der Waals surface area contributed by atoms with Gasteiger partial charge in [-0.1, -0.05) is 55.0 Å². The molecule has 0 atom stereocenters. The number of ketones is 1. The number of aryl methyl sites for hydroxylation is 1. The van der Waals surface area contributed by atoms with Crippen LogP contribution in [0.1, 0.15) is 29.8 Å². The van der Waals surface area contributed by atoms with Gasteiger partial charge < -0.3 is 0 Å². The first kappa shape index (κ1) is 14.9. The highest BCUT2D eigenvalue weighted by atomic mass is 28.3. The zero-order chi connectivity index (χ0) is 13.9. The van der Waals surface area contributed by atoms with Gasteiger partial charge in [0.15, 0.2) is 5.78 Å². The molecule has 0 saturated heterocycles. The van der Waals surface area contributed by atoms with E-state index >= 15 is 0 Å². The summed E-state index contributed by atoms with van der Waals surface area (Å²) < 4.78 is 0. The SMILES string of the molecule is CC(C)=C(C[Si](C)(C)C)C(=O)c1ccc(C)cc1. The van der Waals surface area contributed by atoms with Gasteiger partial charge in [0.25, 0.3) is 0 Å². The molecule has 0 N–H and O–H groups in total. The number of benzene rings is 1. The van der Waals surface area contributed by atoms with Crippen LogP contribution in [0.15, 0.2) is 35.4 Å². The molecule has 0 aliphatic heterocycles. The van der Waals surface area contributed by atoms with E-state index in [0.717, 1.165) is 22.8 Å². The van der Waals surface area contributed by atoms with Crippen LogP contribution in [0.4, 0.5) is 0 Å². The predicted octanol–water partition coefficient (Wildman–Crippen LogP) is 4.85. The van der Waals surface area contributed by atoms with Gasteiger partial charge in [-0.15, -0.1) is 0 Å². The maximum Gasteiger partial charge on any atom is 0.188 e. The lowest BCUT2D eigenvalue weighted by Crippen LogP contribution is -2.23. The first-order chi connectivity index (χ1) is 8.20. The van der Waals surface area contributed by atoms with Crippen LogP contribution in [0, 0.1) is 6.92 Å². The third-order valence-electron chi connectivity index (χ3n) is 2.90. The Balaban J connectivity index is 3.06. The molecule has 1 aromatic carbocycles. The molecule has 2 heteroatoms. The molecule has 0 saturated carbocycles. The van der Waals surface area contributed by atoms with E-state index in [2.05, 4.69) is 19.6 Å². The van der Waals surface area contributed by atoms with Crippen molar-refractivity contribution in [2.24, 2.45) is 0 Å². The second-order valence-electron chi connectivity index (χ2n) is 6.41. The summed E-state index contributed by atoms with van der Waals surface area (Å²) in [6.45, 7) is 13.0. The fraction of sp³-hybridized carbons (Fsp3) is 0.438. The normalized spacial score (nSPS) is 11.2. The van der Waals surface area contributed by atoms with Crippen LogP contribution < -0.4 is 0 Å². The number of carbonyl (C=O) groups excluding carboxylic acids is 1. The first-order valence-corrected chi connectivity index (χ1v) is 10.2. The molecule has 0 aliphatic carbocycles. The molecule has 1 rings (SSSR count). The third-order valence-corrected chi connectivity index (χ3v) is 4.31. The molecule has 18 heavy (non-hydrogen) atoms. The van der Waals surface area contributed by atoms with E-state index in [1.54, 1.807) is 0 Å². The van der Waals surface area contributed by atoms with Crippen molar-refractivity contribution in [3.8, 4) is 0 Å². The molecular weight excluding hydrogens is 236 g/mol. The Hall–Kier alpha value is -1.15. The van der Waals surface area contributed by atoms with Crippen molar-refractivity contribution in [1.29, 1.82) is 0 Å². The highest BCUT2D eigenvalue weighted by molar-refractivity contribution is 6.77. The van der Waals surface area contributed by atoms with Gasteiger partial charge >= 0.3 is 0 Å². The average molecular weight is 260 g/mol. The van der Waals surface area contributed by atoms with Crippen molar-refractivity contribution in [1.82, 2.24) is 0 Å². The molecule has 0 fully saturated rings. The topological polar surface area (TPSA) is 17.1 Å². The van der Waals surface area contributed by atoms with E-state index in [1.165, 1.54) is 5.56 Å². The van der Waals surface area contributed by atoms with Crippen molar-refractivity contribution in [3.05, 3.63) is 46.5 Å². The Labute approximate surface area is 112 Å². The van der Waals surface area contributed by atoms with Gasteiger partial charge in [-0.05, 0) is 32.4 Å². The lowest BCUT2D eigenvalue weighted by molar-refractivity contribution is 0.103. The summed E-state index contributed by atoms with van der Waals surface area (Å²) in [5.41, 5.74) is 4.17. The summed E-state index contributed by atoms with van der Waals surface area (Å²) >= 11 is 0. The van der Waals surface area contributed by atoms with Crippen LogP contribution in [-0.4, -0.2) is 13.9 Å². The summed E-state index contributed by atoms with van der Waals surface area (Å²) in [5.74, 6) is 0.206. The van der Waals surface area contributed by atoms with Crippen molar-refractivity contribution in [2.75, 3.05) is 0 Å². The minimum absolute atomic E-state index is 0.206. The predicted molar refractivity (Wildman–Crippen MR) is 82.0 cm³/mol. The van der Waals surface area contributed by atoms with Gasteiger partial charge in [-0.3, -0.25) is 4.79 Å². The molecule has 98 valence electrons. The Bertz CT molecular complexity index is 457.